The summed E-state index contributed by atoms with van der Waals surface area (Å²) in [7, 11) is 0. The standard InChI is InChI=1S/C14H24N2O/c17-14(11-6-3-7-15-8-11)16-9-12-4-1-2-5-13(12)10-16/h11-13,15H,1-10H2/t11-,12?,13?/m1/s1. The van der Waals surface area contributed by atoms with Crippen LogP contribution in [0.5, 0.6) is 0 Å². The van der Waals surface area contributed by atoms with Crippen LogP contribution in [0.1, 0.15) is 38.5 Å². The number of hydrogen-bond donors (Lipinski definition) is 1. The van der Waals surface area contributed by atoms with Gasteiger partial charge in [-0.15, -0.1) is 0 Å². The van der Waals surface area contributed by atoms with Crippen molar-refractivity contribution in [3.8, 4) is 0 Å². The number of nitrogens with zero attached hydrogens (tertiary/aromatic N) is 1. The molecule has 3 aliphatic rings. The van der Waals surface area contributed by atoms with Gasteiger partial charge < -0.3 is 10.2 Å². The van der Waals surface area contributed by atoms with E-state index in [0.717, 1.165) is 50.9 Å². The summed E-state index contributed by atoms with van der Waals surface area (Å²) >= 11 is 0. The number of rotatable bonds is 1. The fraction of sp³-hybridized carbons (Fsp3) is 0.929. The van der Waals surface area contributed by atoms with Gasteiger partial charge in [0, 0.05) is 19.6 Å². The van der Waals surface area contributed by atoms with Crippen LogP contribution < -0.4 is 5.32 Å². The van der Waals surface area contributed by atoms with Crippen molar-refractivity contribution in [1.82, 2.24) is 10.2 Å². The van der Waals surface area contributed by atoms with E-state index < -0.39 is 0 Å². The molecule has 17 heavy (non-hydrogen) atoms. The summed E-state index contributed by atoms with van der Waals surface area (Å²) in [6.07, 6.45) is 7.74. The van der Waals surface area contributed by atoms with Gasteiger partial charge in [-0.05, 0) is 44.1 Å². The second-order valence-electron chi connectivity index (χ2n) is 6.09. The van der Waals surface area contributed by atoms with Crippen molar-refractivity contribution in [3.63, 3.8) is 0 Å². The maximum Gasteiger partial charge on any atom is 0.226 e. The fourth-order valence-electron chi connectivity index (χ4n) is 3.91. The summed E-state index contributed by atoms with van der Waals surface area (Å²) in [6.45, 7) is 4.11. The van der Waals surface area contributed by atoms with Crippen LogP contribution >= 0.6 is 0 Å². The number of nitrogens with one attached hydrogen (secondary N) is 1. The van der Waals surface area contributed by atoms with E-state index in [1.165, 1.54) is 25.7 Å². The minimum absolute atomic E-state index is 0.268. The molecule has 2 saturated heterocycles. The van der Waals surface area contributed by atoms with Crippen LogP contribution in [0.4, 0.5) is 0 Å². The Balaban J connectivity index is 1.59. The zero-order valence-corrected chi connectivity index (χ0v) is 10.7. The Hall–Kier alpha value is -0.570. The molecule has 3 rings (SSSR count). The molecule has 1 saturated carbocycles. The van der Waals surface area contributed by atoms with Crippen molar-refractivity contribution >= 4 is 5.91 Å². The van der Waals surface area contributed by atoms with Gasteiger partial charge in [-0.2, -0.15) is 0 Å². The number of piperidine rings is 1. The molecule has 1 amide bonds. The van der Waals surface area contributed by atoms with Gasteiger partial charge in [0.25, 0.3) is 0 Å². The van der Waals surface area contributed by atoms with Gasteiger partial charge in [0.1, 0.15) is 0 Å². The number of fused-ring (bicyclic) bond motifs is 1. The van der Waals surface area contributed by atoms with Gasteiger partial charge >= 0.3 is 0 Å². The molecule has 0 spiro atoms. The molecule has 3 nitrogen and oxygen atoms in total. The lowest BCUT2D eigenvalue weighted by Gasteiger charge is -2.26. The van der Waals surface area contributed by atoms with Crippen molar-refractivity contribution < 1.29 is 4.79 Å². The first-order chi connectivity index (χ1) is 8.34. The SMILES string of the molecule is O=C([C@@H]1CCCNC1)N1CC2CCCCC2C1. The second-order valence-corrected chi connectivity index (χ2v) is 6.09. The van der Waals surface area contributed by atoms with Gasteiger partial charge in [-0.1, -0.05) is 12.8 Å². The highest BCUT2D eigenvalue weighted by Gasteiger charge is 2.38. The largest absolute Gasteiger partial charge is 0.342 e. The molecule has 96 valence electrons. The fourth-order valence-corrected chi connectivity index (χ4v) is 3.91. The Bertz CT molecular complexity index is 272. The van der Waals surface area contributed by atoms with Gasteiger partial charge in [-0.3, -0.25) is 4.79 Å². The zero-order valence-electron chi connectivity index (χ0n) is 10.7. The third-order valence-corrected chi connectivity index (χ3v) is 4.93. The van der Waals surface area contributed by atoms with Crippen LogP contribution in [0.3, 0.4) is 0 Å². The van der Waals surface area contributed by atoms with E-state index in [1.54, 1.807) is 0 Å². The Morgan fingerprint density at radius 3 is 2.29 bits per heavy atom. The smallest absolute Gasteiger partial charge is 0.226 e. The monoisotopic (exact) mass is 236 g/mol. The molecule has 2 aliphatic heterocycles. The molecule has 1 N–H and O–H groups in total. The molecule has 0 radical (unpaired) electrons. The highest BCUT2D eigenvalue weighted by Crippen LogP contribution is 2.36. The summed E-state index contributed by atoms with van der Waals surface area (Å²) in [4.78, 5) is 14.6. The van der Waals surface area contributed by atoms with Crippen molar-refractivity contribution in [1.29, 1.82) is 0 Å². The quantitative estimate of drug-likeness (QED) is 0.750. The average Bonchev–Trinajstić information content (AvgIpc) is 2.82. The molecule has 0 aromatic rings. The van der Waals surface area contributed by atoms with Crippen LogP contribution in [-0.4, -0.2) is 37.0 Å². The predicted molar refractivity (Wildman–Crippen MR) is 67.6 cm³/mol. The highest BCUT2D eigenvalue weighted by atomic mass is 16.2. The van der Waals surface area contributed by atoms with Crippen LogP contribution in [0, 0.1) is 17.8 Å². The van der Waals surface area contributed by atoms with E-state index in [-0.39, 0.29) is 5.92 Å². The molecule has 0 aromatic heterocycles. The highest BCUT2D eigenvalue weighted by molar-refractivity contribution is 5.79. The average molecular weight is 236 g/mol. The molecule has 1 aliphatic carbocycles. The van der Waals surface area contributed by atoms with E-state index in [0.29, 0.717) is 5.91 Å². The maximum atomic E-state index is 12.4. The molecular formula is C14H24N2O. The van der Waals surface area contributed by atoms with Crippen molar-refractivity contribution in [2.75, 3.05) is 26.2 Å². The van der Waals surface area contributed by atoms with E-state index >= 15 is 0 Å². The summed E-state index contributed by atoms with van der Waals surface area (Å²) in [5.41, 5.74) is 0. The molecule has 2 unspecified atom stereocenters. The first-order valence-electron chi connectivity index (χ1n) is 7.34. The van der Waals surface area contributed by atoms with E-state index in [9.17, 15) is 4.79 Å². The molecule has 3 heteroatoms. The third kappa shape index (κ3) is 2.35. The Morgan fingerprint density at radius 2 is 1.71 bits per heavy atom. The van der Waals surface area contributed by atoms with E-state index in [1.807, 2.05) is 0 Å². The zero-order chi connectivity index (χ0) is 11.7. The topological polar surface area (TPSA) is 32.3 Å². The van der Waals surface area contributed by atoms with Gasteiger partial charge in [-0.25, -0.2) is 0 Å². The number of likely N-dealkylation sites (tertiary alicyclic amines) is 1. The number of hydrogen-bond acceptors (Lipinski definition) is 2. The Labute approximate surface area is 104 Å². The summed E-state index contributed by atoms with van der Waals surface area (Å²) in [5.74, 6) is 2.35. The van der Waals surface area contributed by atoms with Crippen molar-refractivity contribution in [2.45, 2.75) is 38.5 Å². The summed E-state index contributed by atoms with van der Waals surface area (Å²) in [5, 5.41) is 3.35. The van der Waals surface area contributed by atoms with Crippen LogP contribution in [0.2, 0.25) is 0 Å². The van der Waals surface area contributed by atoms with Crippen molar-refractivity contribution in [3.05, 3.63) is 0 Å². The third-order valence-electron chi connectivity index (χ3n) is 4.93. The van der Waals surface area contributed by atoms with Crippen LogP contribution in [0.25, 0.3) is 0 Å². The lowest BCUT2D eigenvalue weighted by Crippen LogP contribution is -2.42. The molecule has 3 atom stereocenters. The first kappa shape index (κ1) is 11.5. The molecule has 0 aromatic carbocycles. The van der Waals surface area contributed by atoms with E-state index in [2.05, 4.69) is 10.2 Å². The Kier molecular flexibility index (Phi) is 3.37. The lowest BCUT2D eigenvalue weighted by molar-refractivity contribution is -0.135. The maximum absolute atomic E-state index is 12.4. The molecular weight excluding hydrogens is 212 g/mol. The summed E-state index contributed by atoms with van der Waals surface area (Å²) < 4.78 is 0. The minimum atomic E-state index is 0.268. The van der Waals surface area contributed by atoms with E-state index in [4.69, 9.17) is 0 Å². The Morgan fingerprint density at radius 1 is 1.00 bits per heavy atom. The number of carbonyl (C=O) groups is 1. The molecule has 0 bridgehead atoms. The minimum Gasteiger partial charge on any atom is -0.342 e. The first-order valence-corrected chi connectivity index (χ1v) is 7.34. The van der Waals surface area contributed by atoms with Gasteiger partial charge in [0.2, 0.25) is 5.91 Å². The predicted octanol–water partition coefficient (Wildman–Crippen LogP) is 1.63. The van der Waals surface area contributed by atoms with Gasteiger partial charge in [0.15, 0.2) is 0 Å². The molecule has 3 fully saturated rings. The summed E-state index contributed by atoms with van der Waals surface area (Å²) in [6, 6.07) is 0. The normalized spacial score (nSPS) is 37.9. The molecule has 2 heterocycles. The van der Waals surface area contributed by atoms with Crippen molar-refractivity contribution in [2.24, 2.45) is 17.8 Å². The number of carbonyl (C=O) groups excluding carboxylic acids is 1. The van der Waals surface area contributed by atoms with Crippen LogP contribution in [-0.2, 0) is 4.79 Å². The number of amides is 1. The van der Waals surface area contributed by atoms with Gasteiger partial charge in [0.05, 0.1) is 5.92 Å². The van der Waals surface area contributed by atoms with Crippen LogP contribution in [0.15, 0.2) is 0 Å². The lowest BCUT2D eigenvalue weighted by atomic mass is 9.82. The second kappa shape index (κ2) is 4.97.